The van der Waals surface area contributed by atoms with Gasteiger partial charge in [0.05, 0.1) is 0 Å². The number of carbonyl (C=O) groups excluding carboxylic acids is 3. The average molecular weight is 553 g/mol. The van der Waals surface area contributed by atoms with Crippen LogP contribution >= 0.6 is 15.9 Å². The van der Waals surface area contributed by atoms with Gasteiger partial charge >= 0.3 is 5.97 Å². The van der Waals surface area contributed by atoms with Crippen LogP contribution in [0.15, 0.2) is 71.2 Å². The van der Waals surface area contributed by atoms with E-state index in [9.17, 15) is 14.4 Å². The largest absolute Gasteiger partial charge is 0.457 e. The summed E-state index contributed by atoms with van der Waals surface area (Å²) in [6, 6.07) is 20.4. The Morgan fingerprint density at radius 2 is 1.50 bits per heavy atom. The van der Waals surface area contributed by atoms with Crippen molar-refractivity contribution in [3.8, 4) is 11.5 Å². The van der Waals surface area contributed by atoms with Gasteiger partial charge < -0.3 is 20.1 Å². The number of hydrogen-bond acceptors (Lipinski definition) is 5. The smallest absolute Gasteiger partial charge is 0.306 e. The number of amides is 2. The number of hydrogen-bond donors (Lipinski definition) is 2. The highest BCUT2D eigenvalue weighted by Gasteiger charge is 2.11. The van der Waals surface area contributed by atoms with Gasteiger partial charge in [-0.1, -0.05) is 40.5 Å². The maximum Gasteiger partial charge on any atom is 0.306 e. The molecule has 0 fully saturated rings. The zero-order chi connectivity index (χ0) is 25.9. The lowest BCUT2D eigenvalue weighted by molar-refractivity contribution is -0.147. The van der Waals surface area contributed by atoms with Crippen LogP contribution in [-0.2, 0) is 25.5 Å². The van der Waals surface area contributed by atoms with Crippen molar-refractivity contribution in [1.82, 2.24) is 0 Å². The first-order valence-corrected chi connectivity index (χ1v) is 12.5. The standard InChI is InChI=1S/C28H29BrN2O5/c1-3-20-17-21(29)9-16-25(20)31-27(33)18-35-28(34)6-4-5-26(32)30-22-10-14-24(15-11-22)36-23-12-7-19(2)8-13-23/h7-17H,3-6,18H2,1-2H3,(H,30,32)(H,31,33). The Morgan fingerprint density at radius 1 is 0.833 bits per heavy atom. The summed E-state index contributed by atoms with van der Waals surface area (Å²) in [7, 11) is 0. The van der Waals surface area contributed by atoms with Crippen molar-refractivity contribution in [2.24, 2.45) is 0 Å². The van der Waals surface area contributed by atoms with E-state index >= 15 is 0 Å². The Bertz CT molecular complexity index is 1190. The Balaban J connectivity index is 1.34. The number of carbonyl (C=O) groups is 3. The molecule has 2 N–H and O–H groups in total. The summed E-state index contributed by atoms with van der Waals surface area (Å²) < 4.78 is 11.7. The van der Waals surface area contributed by atoms with Gasteiger partial charge in [0.15, 0.2) is 6.61 Å². The molecular weight excluding hydrogens is 524 g/mol. The SMILES string of the molecule is CCc1cc(Br)ccc1NC(=O)COC(=O)CCCC(=O)Nc1ccc(Oc2ccc(C)cc2)cc1. The van der Waals surface area contributed by atoms with Gasteiger partial charge in [0.1, 0.15) is 11.5 Å². The van der Waals surface area contributed by atoms with Gasteiger partial charge in [-0.25, -0.2) is 0 Å². The second-order valence-electron chi connectivity index (χ2n) is 8.21. The van der Waals surface area contributed by atoms with Crippen LogP contribution in [0.2, 0.25) is 0 Å². The Morgan fingerprint density at radius 3 is 2.17 bits per heavy atom. The molecule has 0 saturated heterocycles. The van der Waals surface area contributed by atoms with Crippen LogP contribution in [0.4, 0.5) is 11.4 Å². The Kier molecular flexibility index (Phi) is 10.1. The molecule has 0 unspecified atom stereocenters. The number of ether oxygens (including phenoxy) is 2. The molecule has 7 nitrogen and oxygen atoms in total. The van der Waals surface area contributed by atoms with Crippen molar-refractivity contribution in [1.29, 1.82) is 0 Å². The summed E-state index contributed by atoms with van der Waals surface area (Å²) in [5.74, 6) is 0.251. The molecule has 3 aromatic rings. The zero-order valence-electron chi connectivity index (χ0n) is 20.3. The second-order valence-corrected chi connectivity index (χ2v) is 9.12. The monoisotopic (exact) mass is 552 g/mol. The second kappa shape index (κ2) is 13.4. The molecule has 0 radical (unpaired) electrons. The fourth-order valence-corrected chi connectivity index (χ4v) is 3.76. The molecule has 3 rings (SSSR count). The van der Waals surface area contributed by atoms with Crippen molar-refractivity contribution in [2.45, 2.75) is 39.5 Å². The number of rotatable bonds is 11. The predicted molar refractivity (Wildman–Crippen MR) is 143 cm³/mol. The maximum absolute atomic E-state index is 12.2. The van der Waals surface area contributed by atoms with Crippen LogP contribution in [0.3, 0.4) is 0 Å². The molecule has 0 spiro atoms. The lowest BCUT2D eigenvalue weighted by Crippen LogP contribution is -2.21. The third-order valence-corrected chi connectivity index (χ3v) is 5.76. The molecule has 0 aliphatic heterocycles. The van der Waals surface area contributed by atoms with E-state index in [0.717, 1.165) is 27.8 Å². The lowest BCUT2D eigenvalue weighted by Gasteiger charge is -2.11. The summed E-state index contributed by atoms with van der Waals surface area (Å²) in [6.07, 6.45) is 1.26. The van der Waals surface area contributed by atoms with Gasteiger partial charge in [0, 0.05) is 28.7 Å². The summed E-state index contributed by atoms with van der Waals surface area (Å²) in [6.45, 7) is 3.63. The average Bonchev–Trinajstić information content (AvgIpc) is 2.86. The van der Waals surface area contributed by atoms with E-state index in [-0.39, 0.29) is 25.4 Å². The minimum atomic E-state index is -0.526. The molecule has 8 heteroatoms. The van der Waals surface area contributed by atoms with Crippen molar-refractivity contribution in [2.75, 3.05) is 17.2 Å². The molecule has 0 aliphatic rings. The van der Waals surface area contributed by atoms with Crippen molar-refractivity contribution in [3.63, 3.8) is 0 Å². The molecule has 0 aliphatic carbocycles. The molecule has 36 heavy (non-hydrogen) atoms. The number of benzene rings is 3. The van der Waals surface area contributed by atoms with Crippen molar-refractivity contribution in [3.05, 3.63) is 82.3 Å². The molecule has 3 aromatic carbocycles. The van der Waals surface area contributed by atoms with E-state index in [0.29, 0.717) is 23.5 Å². The maximum atomic E-state index is 12.2. The lowest BCUT2D eigenvalue weighted by atomic mass is 10.1. The first-order valence-electron chi connectivity index (χ1n) is 11.7. The Hall–Kier alpha value is -3.65. The summed E-state index contributed by atoms with van der Waals surface area (Å²) in [5, 5.41) is 5.55. The topological polar surface area (TPSA) is 93.7 Å². The number of aryl methyl sites for hydroxylation is 2. The quantitative estimate of drug-likeness (QED) is 0.268. The van der Waals surface area contributed by atoms with Crippen LogP contribution in [0.5, 0.6) is 11.5 Å². The van der Waals surface area contributed by atoms with Crippen molar-refractivity contribution >= 4 is 45.1 Å². The van der Waals surface area contributed by atoms with E-state index < -0.39 is 11.9 Å². The number of esters is 1. The fourth-order valence-electron chi connectivity index (χ4n) is 3.35. The van der Waals surface area contributed by atoms with Gasteiger partial charge in [-0.15, -0.1) is 0 Å². The summed E-state index contributed by atoms with van der Waals surface area (Å²) in [5.41, 5.74) is 3.45. The summed E-state index contributed by atoms with van der Waals surface area (Å²) >= 11 is 3.41. The van der Waals surface area contributed by atoms with E-state index in [1.807, 2.05) is 50.2 Å². The van der Waals surface area contributed by atoms with E-state index in [1.165, 1.54) is 0 Å². The van der Waals surface area contributed by atoms with Gasteiger partial charge in [0.25, 0.3) is 5.91 Å². The number of nitrogens with one attached hydrogen (secondary N) is 2. The minimum Gasteiger partial charge on any atom is -0.457 e. The molecule has 0 saturated carbocycles. The number of anilines is 2. The van der Waals surface area contributed by atoms with Crippen molar-refractivity contribution < 1.29 is 23.9 Å². The van der Waals surface area contributed by atoms with Gasteiger partial charge in [-0.2, -0.15) is 0 Å². The fraction of sp³-hybridized carbons (Fsp3) is 0.250. The van der Waals surface area contributed by atoms with Crippen LogP contribution < -0.4 is 15.4 Å². The molecule has 188 valence electrons. The third kappa shape index (κ3) is 8.85. The normalized spacial score (nSPS) is 10.4. The molecule has 0 aromatic heterocycles. The molecular formula is C28H29BrN2O5. The third-order valence-electron chi connectivity index (χ3n) is 5.27. The van der Waals surface area contributed by atoms with Crippen LogP contribution in [0.25, 0.3) is 0 Å². The summed E-state index contributed by atoms with van der Waals surface area (Å²) in [4.78, 5) is 36.3. The molecule has 0 heterocycles. The van der Waals surface area contributed by atoms with E-state index in [2.05, 4.69) is 26.6 Å². The highest BCUT2D eigenvalue weighted by Crippen LogP contribution is 2.24. The molecule has 0 atom stereocenters. The van der Waals surface area contributed by atoms with Crippen LogP contribution in [-0.4, -0.2) is 24.4 Å². The Labute approximate surface area is 219 Å². The molecule has 2 amide bonds. The van der Waals surface area contributed by atoms with Crippen LogP contribution in [0.1, 0.15) is 37.3 Å². The first kappa shape index (κ1) is 26.9. The van der Waals surface area contributed by atoms with Gasteiger partial charge in [0.2, 0.25) is 5.91 Å². The van der Waals surface area contributed by atoms with E-state index in [1.54, 1.807) is 30.3 Å². The van der Waals surface area contributed by atoms with Crippen LogP contribution in [0, 0.1) is 6.92 Å². The first-order chi connectivity index (χ1) is 17.3. The predicted octanol–water partition coefficient (Wildman–Crippen LogP) is 6.40. The number of halogens is 1. The minimum absolute atomic E-state index is 0.0442. The van der Waals surface area contributed by atoms with Gasteiger partial charge in [-0.05, 0) is 79.9 Å². The highest BCUT2D eigenvalue weighted by molar-refractivity contribution is 9.10. The highest BCUT2D eigenvalue weighted by atomic mass is 79.9. The van der Waals surface area contributed by atoms with E-state index in [4.69, 9.17) is 9.47 Å². The zero-order valence-corrected chi connectivity index (χ0v) is 21.9. The van der Waals surface area contributed by atoms with Gasteiger partial charge in [-0.3, -0.25) is 14.4 Å². The molecule has 0 bridgehead atoms.